The third-order valence-corrected chi connectivity index (χ3v) is 6.21. The normalized spacial score (nSPS) is 11.9. The number of hydrogen-bond donors (Lipinski definition) is 0. The van der Waals surface area contributed by atoms with Crippen molar-refractivity contribution < 1.29 is 17.6 Å². The number of hydrogen-bond acceptors (Lipinski definition) is 3. The third-order valence-electron chi connectivity index (χ3n) is 4.23. The van der Waals surface area contributed by atoms with Crippen LogP contribution in [0, 0.1) is 26.6 Å². The fourth-order valence-electron chi connectivity index (χ4n) is 3.32. The van der Waals surface area contributed by atoms with E-state index in [1.54, 1.807) is 26.0 Å². The summed E-state index contributed by atoms with van der Waals surface area (Å²) in [7, 11) is -3.98. The van der Waals surface area contributed by atoms with Crippen LogP contribution in [0.2, 0.25) is 0 Å². The van der Waals surface area contributed by atoms with Gasteiger partial charge in [-0.15, -0.1) is 0 Å². The minimum Gasteiger partial charge on any atom is -0.294 e. The van der Waals surface area contributed by atoms with Gasteiger partial charge in [0, 0.05) is 17.1 Å². The minimum absolute atomic E-state index is 0.157. The van der Waals surface area contributed by atoms with Gasteiger partial charge in [-0.05, 0) is 57.0 Å². The topological polar surface area (TPSA) is 56.1 Å². The van der Waals surface area contributed by atoms with Crippen molar-refractivity contribution in [1.82, 2.24) is 3.97 Å². The lowest BCUT2D eigenvalue weighted by Crippen LogP contribution is -2.15. The summed E-state index contributed by atoms with van der Waals surface area (Å²) in [6.07, 6.45) is 1.28. The molecule has 1 heterocycles. The summed E-state index contributed by atoms with van der Waals surface area (Å²) >= 11 is 0. The lowest BCUT2D eigenvalue weighted by molar-refractivity contribution is 0.101. The second-order valence-corrected chi connectivity index (χ2v) is 8.04. The van der Waals surface area contributed by atoms with Crippen molar-refractivity contribution >= 4 is 26.7 Å². The molecular weight excluding hydrogens is 341 g/mol. The summed E-state index contributed by atoms with van der Waals surface area (Å²) in [5, 5.41) is 0.417. The number of ketones is 1. The first-order chi connectivity index (χ1) is 11.6. The van der Waals surface area contributed by atoms with Gasteiger partial charge in [-0.2, -0.15) is 0 Å². The van der Waals surface area contributed by atoms with Gasteiger partial charge in [-0.1, -0.05) is 17.7 Å². The molecule has 1 aromatic heterocycles. The molecule has 0 bridgehead atoms. The molecule has 25 heavy (non-hydrogen) atoms. The number of carbonyl (C=O) groups is 1. The fourth-order valence-corrected chi connectivity index (χ4v) is 5.11. The molecule has 0 aliphatic heterocycles. The van der Waals surface area contributed by atoms with E-state index in [0.29, 0.717) is 16.5 Å². The van der Waals surface area contributed by atoms with Gasteiger partial charge in [0.15, 0.2) is 5.78 Å². The highest BCUT2D eigenvalue weighted by Gasteiger charge is 2.26. The third kappa shape index (κ3) is 2.76. The zero-order valence-electron chi connectivity index (χ0n) is 14.4. The number of carbonyl (C=O) groups excluding carboxylic acids is 1. The standard InChI is InChI=1S/C19H18FNO3S/c1-11-7-12(2)19(13(3)8-11)25(23,24)21-10-17(14(4)22)16-6-5-15(20)9-18(16)21/h5-10H,1-4H3. The average molecular weight is 359 g/mol. The van der Waals surface area contributed by atoms with E-state index in [9.17, 15) is 17.6 Å². The summed E-state index contributed by atoms with van der Waals surface area (Å²) in [6.45, 7) is 6.71. The van der Waals surface area contributed by atoms with Gasteiger partial charge in [0.2, 0.25) is 0 Å². The molecule has 0 saturated carbocycles. The average Bonchev–Trinajstić information content (AvgIpc) is 2.85. The summed E-state index contributed by atoms with van der Waals surface area (Å²) in [4.78, 5) is 12.1. The van der Waals surface area contributed by atoms with Crippen LogP contribution < -0.4 is 0 Å². The molecule has 0 radical (unpaired) electrons. The Morgan fingerprint density at radius 3 is 2.20 bits per heavy atom. The Bertz CT molecular complexity index is 1100. The summed E-state index contributed by atoms with van der Waals surface area (Å²) in [5.74, 6) is -0.836. The van der Waals surface area contributed by atoms with E-state index in [-0.39, 0.29) is 21.8 Å². The summed E-state index contributed by atoms with van der Waals surface area (Å²) in [5.41, 5.74) is 2.59. The molecule has 0 aliphatic rings. The van der Waals surface area contributed by atoms with E-state index < -0.39 is 15.8 Å². The molecule has 0 fully saturated rings. The number of halogens is 1. The molecule has 0 N–H and O–H groups in total. The van der Waals surface area contributed by atoms with Crippen molar-refractivity contribution in [2.75, 3.05) is 0 Å². The predicted molar refractivity (Wildman–Crippen MR) is 95.1 cm³/mol. The van der Waals surface area contributed by atoms with Gasteiger partial charge < -0.3 is 0 Å². The second kappa shape index (κ2) is 5.81. The quantitative estimate of drug-likeness (QED) is 0.660. The van der Waals surface area contributed by atoms with E-state index in [4.69, 9.17) is 0 Å². The van der Waals surface area contributed by atoms with Crippen LogP contribution in [0.4, 0.5) is 4.39 Å². The molecule has 4 nitrogen and oxygen atoms in total. The van der Waals surface area contributed by atoms with Crippen molar-refractivity contribution in [2.45, 2.75) is 32.6 Å². The van der Waals surface area contributed by atoms with E-state index >= 15 is 0 Å². The summed E-state index contributed by atoms with van der Waals surface area (Å²) in [6, 6.07) is 7.37. The Hall–Kier alpha value is -2.47. The highest BCUT2D eigenvalue weighted by molar-refractivity contribution is 7.90. The monoisotopic (exact) mass is 359 g/mol. The molecule has 0 unspecified atom stereocenters. The molecule has 0 atom stereocenters. The first-order valence-corrected chi connectivity index (χ1v) is 9.22. The number of fused-ring (bicyclic) bond motifs is 1. The molecule has 3 aromatic rings. The molecular formula is C19H18FNO3S. The van der Waals surface area contributed by atoms with Gasteiger partial charge in [-0.25, -0.2) is 16.8 Å². The first kappa shape index (κ1) is 17.4. The van der Waals surface area contributed by atoms with Crippen LogP contribution in [0.15, 0.2) is 41.4 Å². The van der Waals surface area contributed by atoms with Crippen molar-refractivity contribution in [1.29, 1.82) is 0 Å². The van der Waals surface area contributed by atoms with Crippen LogP contribution >= 0.6 is 0 Å². The maximum absolute atomic E-state index is 13.7. The van der Waals surface area contributed by atoms with Crippen LogP contribution in [0.25, 0.3) is 10.9 Å². The van der Waals surface area contributed by atoms with Crippen LogP contribution in [-0.4, -0.2) is 18.2 Å². The highest BCUT2D eigenvalue weighted by atomic mass is 32.2. The van der Waals surface area contributed by atoms with E-state index in [1.165, 1.54) is 25.3 Å². The lowest BCUT2D eigenvalue weighted by atomic mass is 10.1. The summed E-state index contributed by atoms with van der Waals surface area (Å²) < 4.78 is 41.3. The van der Waals surface area contributed by atoms with Gasteiger partial charge in [-0.3, -0.25) is 4.79 Å². The number of aromatic nitrogens is 1. The number of benzene rings is 2. The molecule has 130 valence electrons. The number of nitrogens with zero attached hydrogens (tertiary/aromatic N) is 1. The molecule has 3 rings (SSSR count). The van der Waals surface area contributed by atoms with Gasteiger partial charge >= 0.3 is 0 Å². The predicted octanol–water partition coefficient (Wildman–Crippen LogP) is 4.15. The molecule has 0 spiro atoms. The van der Waals surface area contributed by atoms with Crippen LogP contribution in [0.3, 0.4) is 0 Å². The SMILES string of the molecule is CC(=O)c1cn(S(=O)(=O)c2c(C)cc(C)cc2C)c2cc(F)ccc12. The Balaban J connectivity index is 2.40. The van der Waals surface area contributed by atoms with E-state index in [0.717, 1.165) is 15.6 Å². The number of rotatable bonds is 3. The maximum Gasteiger partial charge on any atom is 0.268 e. The zero-order valence-corrected chi connectivity index (χ0v) is 15.2. The van der Waals surface area contributed by atoms with Crippen LogP contribution in [-0.2, 0) is 10.0 Å². The number of Topliss-reactive ketones (excluding diaryl/α,β-unsaturated/α-hetero) is 1. The molecule has 2 aromatic carbocycles. The van der Waals surface area contributed by atoms with Crippen LogP contribution in [0.1, 0.15) is 34.0 Å². The Morgan fingerprint density at radius 2 is 1.64 bits per heavy atom. The van der Waals surface area contributed by atoms with Crippen molar-refractivity contribution in [3.8, 4) is 0 Å². The minimum atomic E-state index is -3.98. The Labute approximate surface area is 146 Å². The highest BCUT2D eigenvalue weighted by Crippen LogP contribution is 2.30. The fraction of sp³-hybridized carbons (Fsp3) is 0.211. The van der Waals surface area contributed by atoms with E-state index in [1.807, 2.05) is 6.92 Å². The molecule has 6 heteroatoms. The molecule has 0 saturated heterocycles. The van der Waals surface area contributed by atoms with Gasteiger partial charge in [0.05, 0.1) is 10.4 Å². The van der Waals surface area contributed by atoms with E-state index in [2.05, 4.69) is 0 Å². The van der Waals surface area contributed by atoms with Crippen molar-refractivity contribution in [3.05, 3.63) is 64.6 Å². The largest absolute Gasteiger partial charge is 0.294 e. The first-order valence-electron chi connectivity index (χ1n) is 7.78. The smallest absolute Gasteiger partial charge is 0.268 e. The van der Waals surface area contributed by atoms with Crippen LogP contribution in [0.5, 0.6) is 0 Å². The molecule has 0 aliphatic carbocycles. The lowest BCUT2D eigenvalue weighted by Gasteiger charge is -2.14. The van der Waals surface area contributed by atoms with Gasteiger partial charge in [0.25, 0.3) is 10.0 Å². The zero-order chi connectivity index (χ0) is 18.5. The number of aryl methyl sites for hydroxylation is 3. The maximum atomic E-state index is 13.7. The second-order valence-electron chi connectivity index (χ2n) is 6.29. The Kier molecular flexibility index (Phi) is 4.03. The Morgan fingerprint density at radius 1 is 1.04 bits per heavy atom. The van der Waals surface area contributed by atoms with Crippen molar-refractivity contribution in [2.24, 2.45) is 0 Å². The molecule has 0 amide bonds. The van der Waals surface area contributed by atoms with Gasteiger partial charge in [0.1, 0.15) is 5.82 Å². The van der Waals surface area contributed by atoms with Crippen molar-refractivity contribution in [3.63, 3.8) is 0 Å².